The Bertz CT molecular complexity index is 192. The first-order valence-electron chi connectivity index (χ1n) is 4.12. The Morgan fingerprint density at radius 1 is 1.46 bits per heavy atom. The Hall–Kier alpha value is -1.10. The van der Waals surface area contributed by atoms with E-state index in [1.807, 2.05) is 19.0 Å². The van der Waals surface area contributed by atoms with Gasteiger partial charge in [0.05, 0.1) is 0 Å². The number of hydrogen-bond donors (Lipinski definition) is 2. The molecule has 1 amide bonds. The summed E-state index contributed by atoms with van der Waals surface area (Å²) in [5.74, 6) is -2.37. The van der Waals surface area contributed by atoms with Gasteiger partial charge in [-0.15, -0.1) is 0 Å². The molecule has 1 atom stereocenters. The van der Waals surface area contributed by atoms with Crippen molar-refractivity contribution in [3.63, 3.8) is 0 Å². The Kier molecular flexibility index (Phi) is 5.06. The number of rotatable bonds is 4. The van der Waals surface area contributed by atoms with Crippen molar-refractivity contribution in [1.29, 1.82) is 0 Å². The van der Waals surface area contributed by atoms with E-state index in [0.29, 0.717) is 0 Å². The summed E-state index contributed by atoms with van der Waals surface area (Å²) in [6.07, 6.45) is 0.742. The third-order valence-corrected chi connectivity index (χ3v) is 1.58. The van der Waals surface area contributed by atoms with E-state index < -0.39 is 11.9 Å². The molecule has 5 nitrogen and oxygen atoms in total. The van der Waals surface area contributed by atoms with Gasteiger partial charge in [-0.3, -0.25) is 4.79 Å². The number of carbonyl (C=O) groups excluding carboxylic acids is 1. The molecule has 13 heavy (non-hydrogen) atoms. The Balaban J connectivity index is 3.68. The molecule has 2 N–H and O–H groups in total. The summed E-state index contributed by atoms with van der Waals surface area (Å²) < 4.78 is 0. The van der Waals surface area contributed by atoms with E-state index in [1.54, 1.807) is 6.92 Å². The standard InChI is InChI=1S/C8H16N2O3/c1-6(4-5-10(2)3)9-7(11)8(12)13/h6H,4-5H2,1-3H3,(H,9,11)(H,12,13). The number of carboxylic acid groups (broad SMARTS) is 1. The minimum atomic E-state index is -1.43. The second kappa shape index (κ2) is 5.53. The summed E-state index contributed by atoms with van der Waals surface area (Å²) >= 11 is 0. The maximum atomic E-state index is 10.7. The van der Waals surface area contributed by atoms with Crippen LogP contribution in [0.25, 0.3) is 0 Å². The lowest BCUT2D eigenvalue weighted by Crippen LogP contribution is -2.38. The lowest BCUT2D eigenvalue weighted by Gasteiger charge is -2.15. The number of aliphatic carboxylic acids is 1. The van der Waals surface area contributed by atoms with Crippen LogP contribution in [0.3, 0.4) is 0 Å². The van der Waals surface area contributed by atoms with Crippen LogP contribution < -0.4 is 5.32 Å². The van der Waals surface area contributed by atoms with Crippen LogP contribution in [-0.4, -0.2) is 48.6 Å². The second-order valence-electron chi connectivity index (χ2n) is 3.27. The van der Waals surface area contributed by atoms with Crippen LogP contribution in [-0.2, 0) is 9.59 Å². The van der Waals surface area contributed by atoms with Crippen molar-refractivity contribution in [2.45, 2.75) is 19.4 Å². The molecule has 0 spiro atoms. The third-order valence-electron chi connectivity index (χ3n) is 1.58. The van der Waals surface area contributed by atoms with Crippen molar-refractivity contribution >= 4 is 11.9 Å². The summed E-state index contributed by atoms with van der Waals surface area (Å²) in [6.45, 7) is 2.60. The first-order valence-corrected chi connectivity index (χ1v) is 4.12. The van der Waals surface area contributed by atoms with E-state index >= 15 is 0 Å². The van der Waals surface area contributed by atoms with E-state index in [9.17, 15) is 9.59 Å². The predicted molar refractivity (Wildman–Crippen MR) is 48.4 cm³/mol. The first kappa shape index (κ1) is 11.9. The highest BCUT2D eigenvalue weighted by atomic mass is 16.4. The lowest BCUT2D eigenvalue weighted by atomic mass is 10.2. The Morgan fingerprint density at radius 2 is 2.00 bits per heavy atom. The number of nitrogens with one attached hydrogen (secondary N) is 1. The van der Waals surface area contributed by atoms with E-state index in [0.717, 1.165) is 13.0 Å². The van der Waals surface area contributed by atoms with Crippen molar-refractivity contribution in [1.82, 2.24) is 10.2 Å². The molecule has 0 heterocycles. The zero-order chi connectivity index (χ0) is 10.4. The summed E-state index contributed by atoms with van der Waals surface area (Å²) in [5, 5.41) is 10.7. The fourth-order valence-corrected chi connectivity index (χ4v) is 0.810. The van der Waals surface area contributed by atoms with Crippen molar-refractivity contribution in [3.05, 3.63) is 0 Å². The van der Waals surface area contributed by atoms with Crippen LogP contribution in [0.4, 0.5) is 0 Å². The van der Waals surface area contributed by atoms with Gasteiger partial charge in [-0.05, 0) is 34.0 Å². The lowest BCUT2D eigenvalue weighted by molar-refractivity contribution is -0.150. The predicted octanol–water partition coefficient (Wildman–Crippen LogP) is -0.473. The Morgan fingerprint density at radius 3 is 2.38 bits per heavy atom. The number of amides is 1. The zero-order valence-electron chi connectivity index (χ0n) is 8.20. The highest BCUT2D eigenvalue weighted by molar-refractivity contribution is 6.31. The number of hydrogen-bond acceptors (Lipinski definition) is 3. The van der Waals surface area contributed by atoms with Crippen LogP contribution >= 0.6 is 0 Å². The third kappa shape index (κ3) is 6.10. The quantitative estimate of drug-likeness (QED) is 0.585. The van der Waals surface area contributed by atoms with Crippen molar-refractivity contribution in [2.24, 2.45) is 0 Å². The second-order valence-corrected chi connectivity index (χ2v) is 3.27. The van der Waals surface area contributed by atoms with Gasteiger partial charge in [-0.25, -0.2) is 4.79 Å². The largest absolute Gasteiger partial charge is 0.474 e. The monoisotopic (exact) mass is 188 g/mol. The van der Waals surface area contributed by atoms with E-state index in [1.165, 1.54) is 0 Å². The fraction of sp³-hybridized carbons (Fsp3) is 0.750. The van der Waals surface area contributed by atoms with Gasteiger partial charge in [0.25, 0.3) is 0 Å². The molecule has 1 unspecified atom stereocenters. The number of carboxylic acids is 1. The smallest absolute Gasteiger partial charge is 0.394 e. The van der Waals surface area contributed by atoms with Gasteiger partial charge >= 0.3 is 11.9 Å². The molecule has 76 valence electrons. The van der Waals surface area contributed by atoms with Gasteiger partial charge in [-0.1, -0.05) is 0 Å². The van der Waals surface area contributed by atoms with Crippen LogP contribution in [0.1, 0.15) is 13.3 Å². The number of carbonyl (C=O) groups is 2. The van der Waals surface area contributed by atoms with E-state index in [4.69, 9.17) is 5.11 Å². The minimum Gasteiger partial charge on any atom is -0.474 e. The van der Waals surface area contributed by atoms with Gasteiger partial charge in [0.1, 0.15) is 0 Å². The van der Waals surface area contributed by atoms with Gasteiger partial charge in [-0.2, -0.15) is 0 Å². The first-order chi connectivity index (χ1) is 5.93. The van der Waals surface area contributed by atoms with Gasteiger partial charge in [0.15, 0.2) is 0 Å². The summed E-state index contributed by atoms with van der Waals surface area (Å²) in [6, 6.07) is -0.106. The van der Waals surface area contributed by atoms with Crippen LogP contribution in [0.15, 0.2) is 0 Å². The maximum absolute atomic E-state index is 10.7. The molecule has 0 fully saturated rings. The zero-order valence-corrected chi connectivity index (χ0v) is 8.20. The highest BCUT2D eigenvalue weighted by Crippen LogP contribution is 1.91. The van der Waals surface area contributed by atoms with Gasteiger partial charge < -0.3 is 15.3 Å². The molecule has 0 aliphatic rings. The molecule has 0 aliphatic heterocycles. The molecule has 0 aliphatic carbocycles. The van der Waals surface area contributed by atoms with Gasteiger partial charge in [0, 0.05) is 6.04 Å². The maximum Gasteiger partial charge on any atom is 0.394 e. The van der Waals surface area contributed by atoms with Crippen molar-refractivity contribution in [2.75, 3.05) is 20.6 Å². The SMILES string of the molecule is CC(CCN(C)C)NC(=O)C(=O)O. The molecule has 0 aromatic rings. The van der Waals surface area contributed by atoms with Crippen LogP contribution in [0, 0.1) is 0 Å². The molecule has 0 saturated heterocycles. The normalized spacial score (nSPS) is 12.6. The molecule has 0 radical (unpaired) electrons. The van der Waals surface area contributed by atoms with E-state index in [-0.39, 0.29) is 6.04 Å². The number of nitrogens with zero attached hydrogens (tertiary/aromatic N) is 1. The molecule has 0 bridgehead atoms. The topological polar surface area (TPSA) is 69.6 Å². The van der Waals surface area contributed by atoms with Gasteiger partial charge in [0.2, 0.25) is 0 Å². The van der Waals surface area contributed by atoms with E-state index in [2.05, 4.69) is 5.32 Å². The minimum absolute atomic E-state index is 0.106. The molecule has 5 heteroatoms. The summed E-state index contributed by atoms with van der Waals surface area (Å²) in [4.78, 5) is 22.8. The Labute approximate surface area is 77.7 Å². The average Bonchev–Trinajstić information content (AvgIpc) is 2.00. The molecular weight excluding hydrogens is 172 g/mol. The molecule has 0 rings (SSSR count). The molecule has 0 aromatic heterocycles. The highest BCUT2D eigenvalue weighted by Gasteiger charge is 2.13. The summed E-state index contributed by atoms with van der Waals surface area (Å²) in [7, 11) is 3.84. The average molecular weight is 188 g/mol. The fourth-order valence-electron chi connectivity index (χ4n) is 0.810. The van der Waals surface area contributed by atoms with Crippen molar-refractivity contribution < 1.29 is 14.7 Å². The van der Waals surface area contributed by atoms with Crippen molar-refractivity contribution in [3.8, 4) is 0 Å². The molecule has 0 saturated carbocycles. The molecule has 0 aromatic carbocycles. The van der Waals surface area contributed by atoms with Crippen LogP contribution in [0.5, 0.6) is 0 Å². The molecular formula is C8H16N2O3. The van der Waals surface area contributed by atoms with Crippen LogP contribution in [0.2, 0.25) is 0 Å². The summed E-state index contributed by atoms with van der Waals surface area (Å²) in [5.41, 5.74) is 0.